The molecule has 2 unspecified atom stereocenters. The SMILES string of the molecule is CC1(C(F)(F)F)CNCC1C(=O)Nc1ccc(F)nc1. The van der Waals surface area contributed by atoms with Crippen LogP contribution in [0.5, 0.6) is 0 Å². The maximum atomic E-state index is 13.1. The third-order valence-corrected chi connectivity index (χ3v) is 3.57. The minimum absolute atomic E-state index is 0.0591. The fourth-order valence-corrected chi connectivity index (χ4v) is 2.18. The van der Waals surface area contributed by atoms with Gasteiger partial charge in [-0.1, -0.05) is 0 Å². The molecule has 0 aromatic carbocycles. The number of carbonyl (C=O) groups excluding carboxylic acids is 1. The van der Waals surface area contributed by atoms with E-state index in [9.17, 15) is 22.4 Å². The van der Waals surface area contributed by atoms with Gasteiger partial charge in [-0.2, -0.15) is 17.6 Å². The van der Waals surface area contributed by atoms with Crippen molar-refractivity contribution in [1.29, 1.82) is 0 Å². The third-order valence-electron chi connectivity index (χ3n) is 3.57. The number of alkyl halides is 3. The summed E-state index contributed by atoms with van der Waals surface area (Å²) < 4.78 is 51.8. The van der Waals surface area contributed by atoms with Gasteiger partial charge in [0.25, 0.3) is 0 Å². The van der Waals surface area contributed by atoms with Gasteiger partial charge in [-0.05, 0) is 19.1 Å². The molecule has 1 aliphatic heterocycles. The van der Waals surface area contributed by atoms with Gasteiger partial charge >= 0.3 is 6.18 Å². The van der Waals surface area contributed by atoms with Crippen molar-refractivity contribution in [2.75, 3.05) is 18.4 Å². The standard InChI is InChI=1S/C12H13F4N3O/c1-11(12(14,15)16)6-17-5-8(11)10(20)19-7-2-3-9(13)18-4-7/h2-4,8,17H,5-6H2,1H3,(H,19,20). The number of pyridine rings is 1. The van der Waals surface area contributed by atoms with Crippen molar-refractivity contribution in [2.45, 2.75) is 13.1 Å². The van der Waals surface area contributed by atoms with Crippen molar-refractivity contribution in [3.63, 3.8) is 0 Å². The predicted octanol–water partition coefficient (Wildman–Crippen LogP) is 1.95. The zero-order valence-electron chi connectivity index (χ0n) is 10.6. The molecule has 2 heterocycles. The van der Waals surface area contributed by atoms with E-state index in [4.69, 9.17) is 0 Å². The average Bonchev–Trinajstić information content (AvgIpc) is 2.75. The first kappa shape index (κ1) is 14.7. The monoisotopic (exact) mass is 291 g/mol. The summed E-state index contributed by atoms with van der Waals surface area (Å²) in [7, 11) is 0. The Morgan fingerprint density at radius 3 is 2.75 bits per heavy atom. The Hall–Kier alpha value is -1.70. The number of hydrogen-bond acceptors (Lipinski definition) is 3. The molecule has 2 rings (SSSR count). The highest BCUT2D eigenvalue weighted by Crippen LogP contribution is 2.46. The summed E-state index contributed by atoms with van der Waals surface area (Å²) in [6.07, 6.45) is -3.43. The van der Waals surface area contributed by atoms with Gasteiger partial charge in [0.2, 0.25) is 11.9 Å². The van der Waals surface area contributed by atoms with Crippen molar-refractivity contribution < 1.29 is 22.4 Å². The van der Waals surface area contributed by atoms with Gasteiger partial charge in [0.1, 0.15) is 0 Å². The second kappa shape index (κ2) is 5.01. The molecule has 2 N–H and O–H groups in total. The molecule has 110 valence electrons. The summed E-state index contributed by atoms with van der Waals surface area (Å²) in [4.78, 5) is 15.3. The Morgan fingerprint density at radius 2 is 2.20 bits per heavy atom. The predicted molar refractivity (Wildman–Crippen MR) is 63.3 cm³/mol. The summed E-state index contributed by atoms with van der Waals surface area (Å²) in [6, 6.07) is 2.26. The Kier molecular flexibility index (Phi) is 3.68. The normalized spacial score (nSPS) is 26.6. The molecule has 1 aromatic heterocycles. The molecule has 2 atom stereocenters. The zero-order valence-corrected chi connectivity index (χ0v) is 10.6. The van der Waals surface area contributed by atoms with Gasteiger partial charge < -0.3 is 10.6 Å². The van der Waals surface area contributed by atoms with Crippen LogP contribution in [0.15, 0.2) is 18.3 Å². The number of rotatable bonds is 2. The minimum Gasteiger partial charge on any atom is -0.324 e. The van der Waals surface area contributed by atoms with Gasteiger partial charge in [-0.3, -0.25) is 4.79 Å². The Morgan fingerprint density at radius 1 is 1.50 bits per heavy atom. The Balaban J connectivity index is 2.14. The van der Waals surface area contributed by atoms with E-state index in [2.05, 4.69) is 15.6 Å². The topological polar surface area (TPSA) is 54.0 Å². The summed E-state index contributed by atoms with van der Waals surface area (Å²) in [5.41, 5.74) is -1.96. The van der Waals surface area contributed by atoms with E-state index in [0.717, 1.165) is 19.2 Å². The van der Waals surface area contributed by atoms with Gasteiger partial charge in [0, 0.05) is 13.1 Å². The highest BCUT2D eigenvalue weighted by Gasteiger charge is 2.60. The maximum absolute atomic E-state index is 13.1. The molecule has 20 heavy (non-hydrogen) atoms. The third kappa shape index (κ3) is 2.60. The lowest BCUT2D eigenvalue weighted by atomic mass is 9.78. The van der Waals surface area contributed by atoms with Crippen LogP contribution in [0.4, 0.5) is 23.2 Å². The highest BCUT2D eigenvalue weighted by molar-refractivity contribution is 5.93. The van der Waals surface area contributed by atoms with Crippen molar-refractivity contribution in [1.82, 2.24) is 10.3 Å². The van der Waals surface area contributed by atoms with Gasteiger partial charge in [-0.15, -0.1) is 0 Å². The maximum Gasteiger partial charge on any atom is 0.396 e. The number of aromatic nitrogens is 1. The molecule has 1 aliphatic rings. The van der Waals surface area contributed by atoms with Crippen LogP contribution >= 0.6 is 0 Å². The van der Waals surface area contributed by atoms with Crippen molar-refractivity contribution >= 4 is 11.6 Å². The average molecular weight is 291 g/mol. The van der Waals surface area contributed by atoms with E-state index in [1.165, 1.54) is 6.07 Å². The molecule has 1 saturated heterocycles. The molecule has 0 radical (unpaired) electrons. The molecule has 4 nitrogen and oxygen atoms in total. The van der Waals surface area contributed by atoms with Crippen molar-refractivity contribution in [3.8, 4) is 0 Å². The van der Waals surface area contributed by atoms with Crippen LogP contribution in [0.2, 0.25) is 0 Å². The molecule has 1 amide bonds. The number of hydrogen-bond donors (Lipinski definition) is 2. The number of nitrogens with zero attached hydrogens (tertiary/aromatic N) is 1. The van der Waals surface area contributed by atoms with E-state index < -0.39 is 29.4 Å². The van der Waals surface area contributed by atoms with Crippen LogP contribution in [-0.4, -0.2) is 30.2 Å². The van der Waals surface area contributed by atoms with Crippen LogP contribution in [0.25, 0.3) is 0 Å². The van der Waals surface area contributed by atoms with Crippen LogP contribution in [0.3, 0.4) is 0 Å². The van der Waals surface area contributed by atoms with E-state index in [-0.39, 0.29) is 18.8 Å². The molecule has 1 fully saturated rings. The summed E-state index contributed by atoms with van der Waals surface area (Å²) >= 11 is 0. The second-order valence-corrected chi connectivity index (χ2v) is 4.96. The molecule has 1 aromatic rings. The smallest absolute Gasteiger partial charge is 0.324 e. The lowest BCUT2D eigenvalue weighted by Crippen LogP contribution is -2.46. The van der Waals surface area contributed by atoms with Crippen LogP contribution in [0.1, 0.15) is 6.92 Å². The van der Waals surface area contributed by atoms with Crippen LogP contribution in [-0.2, 0) is 4.79 Å². The first-order valence-electron chi connectivity index (χ1n) is 5.94. The first-order chi connectivity index (χ1) is 9.24. The minimum atomic E-state index is -4.49. The summed E-state index contributed by atoms with van der Waals surface area (Å²) in [5, 5.41) is 4.92. The number of halogens is 4. The second-order valence-electron chi connectivity index (χ2n) is 4.96. The molecule has 0 saturated carbocycles. The molecule has 8 heteroatoms. The Labute approximate surface area is 112 Å². The first-order valence-corrected chi connectivity index (χ1v) is 5.94. The largest absolute Gasteiger partial charge is 0.396 e. The van der Waals surface area contributed by atoms with Crippen molar-refractivity contribution in [2.24, 2.45) is 11.3 Å². The molecule has 0 spiro atoms. The van der Waals surface area contributed by atoms with Gasteiger partial charge in [-0.25, -0.2) is 4.98 Å². The summed E-state index contributed by atoms with van der Waals surface area (Å²) in [5.74, 6) is -2.73. The summed E-state index contributed by atoms with van der Waals surface area (Å²) in [6.45, 7) is 0.646. The molecular formula is C12H13F4N3O. The molecule has 0 bridgehead atoms. The van der Waals surface area contributed by atoms with Gasteiger partial charge in [0.05, 0.1) is 23.2 Å². The van der Waals surface area contributed by atoms with E-state index in [1.807, 2.05) is 0 Å². The molecular weight excluding hydrogens is 278 g/mol. The van der Waals surface area contributed by atoms with E-state index in [0.29, 0.717) is 0 Å². The lowest BCUT2D eigenvalue weighted by molar-refractivity contribution is -0.223. The zero-order chi connectivity index (χ0) is 15.0. The van der Waals surface area contributed by atoms with E-state index in [1.54, 1.807) is 0 Å². The fourth-order valence-electron chi connectivity index (χ4n) is 2.18. The Bertz CT molecular complexity index is 502. The van der Waals surface area contributed by atoms with E-state index >= 15 is 0 Å². The highest BCUT2D eigenvalue weighted by atomic mass is 19.4. The van der Waals surface area contributed by atoms with Crippen molar-refractivity contribution in [3.05, 3.63) is 24.3 Å². The van der Waals surface area contributed by atoms with Gasteiger partial charge in [0.15, 0.2) is 0 Å². The van der Waals surface area contributed by atoms with Crippen LogP contribution < -0.4 is 10.6 Å². The molecule has 0 aliphatic carbocycles. The fraction of sp³-hybridized carbons (Fsp3) is 0.500. The number of anilines is 1. The number of nitrogens with one attached hydrogen (secondary N) is 2. The lowest BCUT2D eigenvalue weighted by Gasteiger charge is -2.31. The number of carbonyl (C=O) groups is 1. The number of amides is 1. The van der Waals surface area contributed by atoms with Crippen LogP contribution in [0, 0.1) is 17.3 Å². The quantitative estimate of drug-likeness (QED) is 0.647.